The minimum atomic E-state index is -0.270. The number of halogens is 2. The molecule has 1 aromatic heterocycles. The molecule has 2 N–H and O–H groups in total. The van der Waals surface area contributed by atoms with E-state index in [0.717, 1.165) is 0 Å². The minimum Gasteiger partial charge on any atom is -0.396 e. The number of aliphatic hydroxyl groups is 1. The first-order valence-corrected chi connectivity index (χ1v) is 6.44. The molecule has 1 rings (SSSR count). The molecule has 0 aliphatic carbocycles. The second kappa shape index (κ2) is 6.92. The molecule has 0 fully saturated rings. The van der Waals surface area contributed by atoms with Crippen LogP contribution >= 0.6 is 23.2 Å². The lowest BCUT2D eigenvalue weighted by molar-refractivity contribution is 0.0916. The van der Waals surface area contributed by atoms with Crippen molar-refractivity contribution in [2.45, 2.75) is 26.3 Å². The summed E-state index contributed by atoms with van der Waals surface area (Å²) in [6.07, 6.45) is 1.89. The van der Waals surface area contributed by atoms with E-state index < -0.39 is 0 Å². The summed E-state index contributed by atoms with van der Waals surface area (Å²) in [5, 5.41) is 12.2. The predicted molar refractivity (Wildman–Crippen MR) is 72.1 cm³/mol. The Morgan fingerprint density at radius 3 is 2.67 bits per heavy atom. The number of pyridine rings is 1. The zero-order valence-corrected chi connectivity index (χ0v) is 11.8. The average Bonchev–Trinajstić information content (AvgIpc) is 2.31. The number of aliphatic hydroxyl groups excluding tert-OH is 1. The van der Waals surface area contributed by atoms with Gasteiger partial charge in [0.1, 0.15) is 5.15 Å². The van der Waals surface area contributed by atoms with E-state index in [1.807, 2.05) is 13.8 Å². The highest BCUT2D eigenvalue weighted by Crippen LogP contribution is 2.19. The molecule has 18 heavy (non-hydrogen) atoms. The molecule has 4 nitrogen and oxygen atoms in total. The summed E-state index contributed by atoms with van der Waals surface area (Å²) in [5.74, 6) is -0.0370. The van der Waals surface area contributed by atoms with Crippen LogP contribution in [-0.2, 0) is 0 Å². The van der Waals surface area contributed by atoms with E-state index >= 15 is 0 Å². The summed E-state index contributed by atoms with van der Waals surface area (Å²) >= 11 is 11.5. The second-order valence-corrected chi connectivity index (χ2v) is 5.10. The fourth-order valence-corrected chi connectivity index (χ4v) is 1.78. The molecule has 100 valence electrons. The normalized spacial score (nSPS) is 12.6. The van der Waals surface area contributed by atoms with E-state index in [2.05, 4.69) is 10.3 Å². The molecule has 0 saturated carbocycles. The van der Waals surface area contributed by atoms with Crippen LogP contribution in [0.2, 0.25) is 10.2 Å². The maximum absolute atomic E-state index is 12.0. The molecule has 1 aromatic rings. The first kappa shape index (κ1) is 15.2. The molecule has 0 spiro atoms. The van der Waals surface area contributed by atoms with Crippen LogP contribution in [0.3, 0.4) is 0 Å². The highest BCUT2D eigenvalue weighted by molar-refractivity contribution is 6.41. The van der Waals surface area contributed by atoms with E-state index in [0.29, 0.717) is 12.0 Å². The Hall–Kier alpha value is -0.840. The molecule has 0 aliphatic rings. The quantitative estimate of drug-likeness (QED) is 0.819. The van der Waals surface area contributed by atoms with Gasteiger partial charge in [0.05, 0.1) is 10.6 Å². The van der Waals surface area contributed by atoms with Gasteiger partial charge in [-0.15, -0.1) is 0 Å². The zero-order chi connectivity index (χ0) is 13.7. The molecule has 1 amide bonds. The van der Waals surface area contributed by atoms with Gasteiger partial charge in [-0.05, 0) is 18.4 Å². The molecule has 1 heterocycles. The van der Waals surface area contributed by atoms with Gasteiger partial charge >= 0.3 is 0 Å². The molecule has 6 heteroatoms. The summed E-state index contributed by atoms with van der Waals surface area (Å²) in [5.41, 5.74) is 0.355. The van der Waals surface area contributed by atoms with Crippen LogP contribution in [0.4, 0.5) is 0 Å². The summed E-state index contributed by atoms with van der Waals surface area (Å²) in [4.78, 5) is 15.8. The molecule has 0 aliphatic heterocycles. The number of hydrogen-bond acceptors (Lipinski definition) is 3. The number of carbonyl (C=O) groups is 1. The third-order valence-corrected chi connectivity index (χ3v) is 3.31. The Kier molecular flexibility index (Phi) is 5.85. The number of rotatable bonds is 5. The Bertz CT molecular complexity index is 425. The van der Waals surface area contributed by atoms with E-state index in [-0.39, 0.29) is 34.6 Å². The molecular formula is C12H16Cl2N2O2. The molecular weight excluding hydrogens is 275 g/mol. The van der Waals surface area contributed by atoms with Crippen molar-refractivity contribution >= 4 is 29.1 Å². The van der Waals surface area contributed by atoms with E-state index in [4.69, 9.17) is 28.3 Å². The topological polar surface area (TPSA) is 62.2 Å². The van der Waals surface area contributed by atoms with Crippen molar-refractivity contribution in [3.63, 3.8) is 0 Å². The molecule has 0 bridgehead atoms. The third kappa shape index (κ3) is 4.12. The lowest BCUT2D eigenvalue weighted by atomic mass is 10.0. The standard InChI is InChI=1S/C12H16Cl2N2O2/c1-7(2)10(3-4-17)16-12(18)8-5-9(13)11(14)15-6-8/h5-7,10,17H,3-4H2,1-2H3,(H,16,18). The molecule has 0 aromatic carbocycles. The van der Waals surface area contributed by atoms with E-state index in [1.165, 1.54) is 12.3 Å². The van der Waals surface area contributed by atoms with Crippen molar-refractivity contribution in [1.82, 2.24) is 10.3 Å². The number of aromatic nitrogens is 1. The zero-order valence-electron chi connectivity index (χ0n) is 10.3. The Labute approximate surface area is 116 Å². The van der Waals surface area contributed by atoms with Gasteiger partial charge in [-0.1, -0.05) is 37.0 Å². The van der Waals surface area contributed by atoms with Crippen LogP contribution in [-0.4, -0.2) is 28.6 Å². The van der Waals surface area contributed by atoms with Crippen molar-refractivity contribution in [2.24, 2.45) is 5.92 Å². The van der Waals surface area contributed by atoms with Crippen LogP contribution in [0.15, 0.2) is 12.3 Å². The number of nitrogens with zero attached hydrogens (tertiary/aromatic N) is 1. The van der Waals surface area contributed by atoms with Gasteiger partial charge in [0.2, 0.25) is 0 Å². The van der Waals surface area contributed by atoms with Crippen LogP contribution in [0.1, 0.15) is 30.6 Å². The summed E-state index contributed by atoms with van der Waals surface area (Å²) < 4.78 is 0. The van der Waals surface area contributed by atoms with Crippen LogP contribution in [0, 0.1) is 5.92 Å². The monoisotopic (exact) mass is 290 g/mol. The van der Waals surface area contributed by atoms with Gasteiger partial charge in [-0.3, -0.25) is 4.79 Å². The van der Waals surface area contributed by atoms with E-state index in [9.17, 15) is 4.79 Å². The number of nitrogens with one attached hydrogen (secondary N) is 1. The maximum atomic E-state index is 12.0. The molecule has 0 radical (unpaired) electrons. The van der Waals surface area contributed by atoms with Crippen molar-refractivity contribution in [3.05, 3.63) is 28.0 Å². The average molecular weight is 291 g/mol. The first-order valence-electron chi connectivity index (χ1n) is 5.68. The molecule has 1 unspecified atom stereocenters. The maximum Gasteiger partial charge on any atom is 0.253 e. The van der Waals surface area contributed by atoms with Crippen molar-refractivity contribution < 1.29 is 9.90 Å². The SMILES string of the molecule is CC(C)C(CCO)NC(=O)c1cnc(Cl)c(Cl)c1. The van der Waals surface area contributed by atoms with Crippen LogP contribution in [0.25, 0.3) is 0 Å². The van der Waals surface area contributed by atoms with Crippen LogP contribution < -0.4 is 5.32 Å². The number of hydrogen-bond donors (Lipinski definition) is 2. The number of amides is 1. The highest BCUT2D eigenvalue weighted by Gasteiger charge is 2.17. The third-order valence-electron chi connectivity index (χ3n) is 2.62. The van der Waals surface area contributed by atoms with Gasteiger partial charge < -0.3 is 10.4 Å². The summed E-state index contributed by atoms with van der Waals surface area (Å²) in [6.45, 7) is 3.99. The largest absolute Gasteiger partial charge is 0.396 e. The molecule has 0 saturated heterocycles. The fraction of sp³-hybridized carbons (Fsp3) is 0.500. The first-order chi connectivity index (χ1) is 8.45. The van der Waals surface area contributed by atoms with E-state index in [1.54, 1.807) is 0 Å². The minimum absolute atomic E-state index is 0.0305. The lowest BCUT2D eigenvalue weighted by Gasteiger charge is -2.21. The predicted octanol–water partition coefficient (Wildman–Crippen LogP) is 2.53. The lowest BCUT2D eigenvalue weighted by Crippen LogP contribution is -2.39. The smallest absolute Gasteiger partial charge is 0.253 e. The van der Waals surface area contributed by atoms with Gasteiger partial charge in [-0.25, -0.2) is 4.98 Å². The Morgan fingerprint density at radius 2 is 2.17 bits per heavy atom. The number of carbonyl (C=O) groups excluding carboxylic acids is 1. The van der Waals surface area contributed by atoms with Gasteiger partial charge in [0.15, 0.2) is 0 Å². The summed E-state index contributed by atoms with van der Waals surface area (Å²) in [7, 11) is 0. The fourth-order valence-electron chi connectivity index (χ4n) is 1.51. The Balaban J connectivity index is 2.77. The van der Waals surface area contributed by atoms with Crippen molar-refractivity contribution in [1.29, 1.82) is 0 Å². The van der Waals surface area contributed by atoms with Crippen molar-refractivity contribution in [2.75, 3.05) is 6.61 Å². The highest BCUT2D eigenvalue weighted by atomic mass is 35.5. The molecule has 1 atom stereocenters. The summed E-state index contributed by atoms with van der Waals surface area (Å²) in [6, 6.07) is 1.39. The van der Waals surface area contributed by atoms with Crippen molar-refractivity contribution in [3.8, 4) is 0 Å². The van der Waals surface area contributed by atoms with Gasteiger partial charge in [-0.2, -0.15) is 0 Å². The second-order valence-electron chi connectivity index (χ2n) is 4.33. The Morgan fingerprint density at radius 1 is 1.50 bits per heavy atom. The van der Waals surface area contributed by atoms with Gasteiger partial charge in [0.25, 0.3) is 5.91 Å². The van der Waals surface area contributed by atoms with Crippen LogP contribution in [0.5, 0.6) is 0 Å². The van der Waals surface area contributed by atoms with Gasteiger partial charge in [0, 0.05) is 18.8 Å².